The van der Waals surface area contributed by atoms with Crippen molar-refractivity contribution in [3.05, 3.63) is 54.0 Å². The highest BCUT2D eigenvalue weighted by Gasteiger charge is 2.28. The predicted molar refractivity (Wildman–Crippen MR) is 107 cm³/mol. The Hall–Kier alpha value is -1.81. The fraction of sp³-hybridized carbons (Fsp3) is 0.368. The van der Waals surface area contributed by atoms with Crippen LogP contribution in [0, 0.1) is 5.82 Å². The summed E-state index contributed by atoms with van der Waals surface area (Å²) in [7, 11) is -1.60. The number of ketones is 1. The third-order valence-corrected chi connectivity index (χ3v) is 7.54. The molecule has 0 bridgehead atoms. The van der Waals surface area contributed by atoms with Gasteiger partial charge in [0, 0.05) is 37.9 Å². The minimum atomic E-state index is -3.56. The van der Waals surface area contributed by atoms with Gasteiger partial charge in [-0.15, -0.1) is 0 Å². The molecule has 150 valence electrons. The zero-order valence-electron chi connectivity index (χ0n) is 15.7. The average molecular weight is 424 g/mol. The quantitative estimate of drug-likeness (QED) is 0.525. The summed E-state index contributed by atoms with van der Waals surface area (Å²) < 4.78 is 39.9. The number of likely N-dealkylation sites (N-methyl/N-ethyl adjacent to an activating group) is 1. The number of carbonyl (C=O) groups is 1. The Bertz CT molecular complexity index is 926. The molecule has 1 fully saturated rings. The predicted octanol–water partition coefficient (Wildman–Crippen LogP) is 2.52. The molecule has 1 atom stereocenters. The molecule has 0 N–H and O–H groups in total. The summed E-state index contributed by atoms with van der Waals surface area (Å²) in [6.07, 6.45) is 1.34. The first-order chi connectivity index (χ1) is 13.3. The first-order valence-corrected chi connectivity index (χ1v) is 11.2. The molecule has 2 aromatic rings. The lowest BCUT2D eigenvalue weighted by Gasteiger charge is -2.31. The largest absolute Gasteiger partial charge is 0.304 e. The molecule has 28 heavy (non-hydrogen) atoms. The number of hydrogen-bond acceptors (Lipinski definition) is 6. The first kappa shape index (κ1) is 20.9. The van der Waals surface area contributed by atoms with E-state index in [0.29, 0.717) is 36.8 Å². The van der Waals surface area contributed by atoms with E-state index in [1.807, 2.05) is 7.05 Å². The van der Waals surface area contributed by atoms with Crippen LogP contribution in [0.4, 0.5) is 4.39 Å². The van der Waals surface area contributed by atoms with Gasteiger partial charge in [-0.2, -0.15) is 4.31 Å². The summed E-state index contributed by atoms with van der Waals surface area (Å²) in [5, 5.41) is 0.123. The average Bonchev–Trinajstić information content (AvgIpc) is 2.69. The number of benzene rings is 1. The van der Waals surface area contributed by atoms with Crippen LogP contribution in [0.3, 0.4) is 0 Å². The molecule has 1 aromatic carbocycles. The van der Waals surface area contributed by atoms with Gasteiger partial charge in [-0.25, -0.2) is 17.8 Å². The fourth-order valence-electron chi connectivity index (χ4n) is 2.85. The highest BCUT2D eigenvalue weighted by Crippen LogP contribution is 2.26. The first-order valence-electron chi connectivity index (χ1n) is 8.88. The van der Waals surface area contributed by atoms with Crippen molar-refractivity contribution in [1.29, 1.82) is 0 Å². The van der Waals surface area contributed by atoms with Gasteiger partial charge in [-0.3, -0.25) is 4.79 Å². The summed E-state index contributed by atoms with van der Waals surface area (Å²) >= 11 is 1.24. The number of piperazine rings is 1. The third-order valence-electron chi connectivity index (χ3n) is 4.60. The minimum absolute atomic E-state index is 0.138. The smallest absolute Gasteiger partial charge is 0.244 e. The van der Waals surface area contributed by atoms with Crippen LogP contribution in [0.25, 0.3) is 0 Å². The van der Waals surface area contributed by atoms with Gasteiger partial charge in [0.05, 0.1) is 10.3 Å². The molecule has 0 aliphatic carbocycles. The van der Waals surface area contributed by atoms with Gasteiger partial charge >= 0.3 is 0 Å². The van der Waals surface area contributed by atoms with E-state index in [1.54, 1.807) is 13.0 Å². The van der Waals surface area contributed by atoms with E-state index in [1.165, 1.54) is 52.6 Å². The Morgan fingerprint density at radius 1 is 1.11 bits per heavy atom. The van der Waals surface area contributed by atoms with Gasteiger partial charge in [-0.1, -0.05) is 11.8 Å². The van der Waals surface area contributed by atoms with Crippen LogP contribution in [0.15, 0.2) is 52.5 Å². The molecule has 3 rings (SSSR count). The number of carbonyl (C=O) groups excluding carboxylic acids is 1. The molecule has 0 radical (unpaired) electrons. The maximum absolute atomic E-state index is 13.0. The zero-order valence-corrected chi connectivity index (χ0v) is 17.3. The minimum Gasteiger partial charge on any atom is -0.304 e. The maximum atomic E-state index is 13.0. The van der Waals surface area contributed by atoms with Gasteiger partial charge in [0.15, 0.2) is 5.78 Å². The zero-order chi connectivity index (χ0) is 20.3. The second-order valence-corrected chi connectivity index (χ2v) is 9.97. The summed E-state index contributed by atoms with van der Waals surface area (Å²) in [4.78, 5) is 18.9. The number of nitrogens with zero attached hydrogens (tertiary/aromatic N) is 3. The second-order valence-electron chi connectivity index (χ2n) is 6.67. The van der Waals surface area contributed by atoms with E-state index >= 15 is 0 Å². The van der Waals surface area contributed by atoms with Crippen molar-refractivity contribution in [2.45, 2.75) is 22.1 Å². The number of pyridine rings is 1. The van der Waals surface area contributed by atoms with Gasteiger partial charge in [0.25, 0.3) is 0 Å². The Morgan fingerprint density at radius 2 is 1.75 bits per heavy atom. The van der Waals surface area contributed by atoms with Crippen molar-refractivity contribution in [3.8, 4) is 0 Å². The summed E-state index contributed by atoms with van der Waals surface area (Å²) in [5.41, 5.74) is 0.427. The molecular weight excluding hydrogens is 401 g/mol. The van der Waals surface area contributed by atoms with Gasteiger partial charge in [0.2, 0.25) is 10.0 Å². The second kappa shape index (κ2) is 8.69. The molecule has 0 amide bonds. The molecule has 1 saturated heterocycles. The van der Waals surface area contributed by atoms with Gasteiger partial charge < -0.3 is 4.90 Å². The number of aromatic nitrogens is 1. The number of sulfonamides is 1. The normalized spacial score (nSPS) is 17.4. The molecule has 0 saturated carbocycles. The van der Waals surface area contributed by atoms with Gasteiger partial charge in [0.1, 0.15) is 10.7 Å². The SMILES string of the molecule is C[C@@H](Sc1ccc(S(=O)(=O)N2CCN(C)CC2)cn1)C(=O)c1ccc(F)cc1. The summed E-state index contributed by atoms with van der Waals surface area (Å²) in [6, 6.07) is 8.55. The van der Waals surface area contributed by atoms with Crippen LogP contribution < -0.4 is 0 Å². The molecule has 1 aliphatic rings. The van der Waals surface area contributed by atoms with Crippen molar-refractivity contribution < 1.29 is 17.6 Å². The fourth-order valence-corrected chi connectivity index (χ4v) is 5.08. The number of thioether (sulfide) groups is 1. The molecule has 0 unspecified atom stereocenters. The van der Waals surface area contributed by atoms with Crippen LogP contribution >= 0.6 is 11.8 Å². The van der Waals surface area contributed by atoms with E-state index in [2.05, 4.69) is 9.88 Å². The molecule has 1 aromatic heterocycles. The third kappa shape index (κ3) is 4.78. The van der Waals surface area contributed by atoms with Crippen LogP contribution in [-0.2, 0) is 10.0 Å². The summed E-state index contributed by atoms with van der Waals surface area (Å²) in [6.45, 7) is 4.05. The molecule has 1 aliphatic heterocycles. The Kier molecular flexibility index (Phi) is 6.49. The van der Waals surface area contributed by atoms with Crippen molar-refractivity contribution in [2.24, 2.45) is 0 Å². The highest BCUT2D eigenvalue weighted by molar-refractivity contribution is 8.00. The Morgan fingerprint density at radius 3 is 2.32 bits per heavy atom. The van der Waals surface area contributed by atoms with E-state index < -0.39 is 21.1 Å². The Labute approximate surface area is 168 Å². The van der Waals surface area contributed by atoms with Crippen LogP contribution in [0.5, 0.6) is 0 Å². The molecule has 9 heteroatoms. The number of rotatable bonds is 6. The topological polar surface area (TPSA) is 70.6 Å². The molecule has 2 heterocycles. The van der Waals surface area contributed by atoms with Gasteiger partial charge in [-0.05, 0) is 50.4 Å². The molecule has 6 nitrogen and oxygen atoms in total. The van der Waals surface area contributed by atoms with E-state index in [4.69, 9.17) is 0 Å². The lowest BCUT2D eigenvalue weighted by molar-refractivity contribution is 0.0994. The lowest BCUT2D eigenvalue weighted by atomic mass is 10.1. The van der Waals surface area contributed by atoms with Crippen LogP contribution in [0.2, 0.25) is 0 Å². The number of halogens is 1. The standard InChI is InChI=1S/C19H22FN3O3S2/c1-14(19(24)15-3-5-16(20)6-4-15)27-18-8-7-17(13-21-18)28(25,26)23-11-9-22(2)10-12-23/h3-8,13-14H,9-12H2,1-2H3/t14-/m1/s1. The van der Waals surface area contributed by atoms with Crippen molar-refractivity contribution in [2.75, 3.05) is 33.2 Å². The number of hydrogen-bond donors (Lipinski definition) is 0. The van der Waals surface area contributed by atoms with E-state index in [-0.39, 0.29) is 10.7 Å². The van der Waals surface area contributed by atoms with E-state index in [0.717, 1.165) is 0 Å². The molecular formula is C19H22FN3O3S2. The maximum Gasteiger partial charge on any atom is 0.244 e. The number of Topliss-reactive ketones (excluding diaryl/α,β-unsaturated/α-hetero) is 1. The van der Waals surface area contributed by atoms with Crippen molar-refractivity contribution >= 4 is 27.6 Å². The highest BCUT2D eigenvalue weighted by atomic mass is 32.2. The van der Waals surface area contributed by atoms with Crippen molar-refractivity contribution in [3.63, 3.8) is 0 Å². The van der Waals surface area contributed by atoms with Crippen LogP contribution in [-0.4, -0.2) is 66.9 Å². The Balaban J connectivity index is 1.67. The summed E-state index contributed by atoms with van der Waals surface area (Å²) in [5.74, 6) is -0.531. The molecule has 0 spiro atoms. The monoisotopic (exact) mass is 423 g/mol. The lowest BCUT2D eigenvalue weighted by Crippen LogP contribution is -2.47. The van der Waals surface area contributed by atoms with E-state index in [9.17, 15) is 17.6 Å². The van der Waals surface area contributed by atoms with Crippen molar-refractivity contribution in [1.82, 2.24) is 14.2 Å². The van der Waals surface area contributed by atoms with Crippen LogP contribution in [0.1, 0.15) is 17.3 Å².